The van der Waals surface area contributed by atoms with Crippen LogP contribution >= 0.6 is 9.90 Å². The molecule has 8 heavy (non-hydrogen) atoms. The maximum atomic E-state index is 9.95. The Hall–Kier alpha value is -0.360. The van der Waals surface area contributed by atoms with E-state index in [9.17, 15) is 4.79 Å². The van der Waals surface area contributed by atoms with Gasteiger partial charge in [-0.05, 0) is 6.08 Å². The zero-order valence-corrected chi connectivity index (χ0v) is 5.81. The van der Waals surface area contributed by atoms with Crippen molar-refractivity contribution in [3.8, 4) is 0 Å². The van der Waals surface area contributed by atoms with Crippen LogP contribution in [-0.2, 0) is 4.79 Å². The molecule has 0 fully saturated rings. The van der Waals surface area contributed by atoms with Crippen molar-refractivity contribution >= 4 is 15.8 Å². The number of rotatable bonds is 1. The third kappa shape index (κ3) is 9.16. The minimum absolute atomic E-state index is 0. The fourth-order valence-corrected chi connectivity index (χ4v) is 0.102. The molecule has 0 saturated heterocycles. The van der Waals surface area contributed by atoms with E-state index in [4.69, 9.17) is 0 Å². The van der Waals surface area contributed by atoms with Gasteiger partial charge in [-0.1, -0.05) is 14.0 Å². The van der Waals surface area contributed by atoms with Crippen LogP contribution in [0.4, 0.5) is 0 Å². The van der Waals surface area contributed by atoms with Crippen LogP contribution in [0.5, 0.6) is 0 Å². The Kier molecular flexibility index (Phi) is 19.2. The normalized spacial score (nSPS) is 5.12. The number of amides is 1. The second kappa shape index (κ2) is 9.81. The average molecular weight is 135 g/mol. The molecular weight excluding hydrogens is 121 g/mol. The summed E-state index contributed by atoms with van der Waals surface area (Å²) in [6, 6.07) is 0. The predicted octanol–water partition coefficient (Wildman–Crippen LogP) is 0.613. The van der Waals surface area contributed by atoms with Gasteiger partial charge in [0.25, 0.3) is 0 Å². The molecule has 1 unspecified atom stereocenters. The topological polar surface area (TPSA) is 29.1 Å². The van der Waals surface area contributed by atoms with E-state index in [1.807, 2.05) is 0 Å². The summed E-state index contributed by atoms with van der Waals surface area (Å²) < 4.78 is 0. The number of nitrogens with one attached hydrogen (secondary N) is 1. The van der Waals surface area contributed by atoms with Crippen LogP contribution in [0.25, 0.3) is 0 Å². The van der Waals surface area contributed by atoms with Crippen LogP contribution in [0.2, 0.25) is 0 Å². The molecule has 1 amide bonds. The largest absolute Gasteiger partial charge is 0.356 e. The monoisotopic (exact) mass is 135 g/mol. The van der Waals surface area contributed by atoms with Gasteiger partial charge in [0.2, 0.25) is 5.91 Å². The first-order valence-electron chi connectivity index (χ1n) is 1.65. The molecule has 0 saturated carbocycles. The Balaban J connectivity index is -0.000000125. The van der Waals surface area contributed by atoms with Crippen molar-refractivity contribution < 1.29 is 4.79 Å². The minimum Gasteiger partial charge on any atom is -0.356 e. The van der Waals surface area contributed by atoms with Gasteiger partial charge < -0.3 is 5.32 Å². The lowest BCUT2D eigenvalue weighted by molar-refractivity contribution is -0.116. The summed E-state index contributed by atoms with van der Waals surface area (Å²) in [5, 5.41) is 2.36. The van der Waals surface area contributed by atoms with E-state index in [0.29, 0.717) is 0 Å². The van der Waals surface area contributed by atoms with E-state index in [-0.39, 0.29) is 23.2 Å². The first-order chi connectivity index (χ1) is 2.81. The minimum atomic E-state index is -0.144. The standard InChI is InChI=1S/C4H7NO.CH4.H3P/c1-3-4(6)5-2;;/h3H,1H2,2H3,(H,5,6);1H4;1H3. The van der Waals surface area contributed by atoms with Crippen molar-refractivity contribution in [3.05, 3.63) is 12.7 Å². The molecule has 0 spiro atoms. The maximum Gasteiger partial charge on any atom is 0.243 e. The van der Waals surface area contributed by atoms with E-state index in [1.165, 1.54) is 6.08 Å². The molecule has 2 nitrogen and oxygen atoms in total. The molecule has 0 heterocycles. The van der Waals surface area contributed by atoms with E-state index in [0.717, 1.165) is 0 Å². The SMILES string of the molecule is C.C=CC(=O)NC.P. The molecule has 0 aromatic rings. The molecule has 0 radical (unpaired) electrons. The molecule has 0 aliphatic rings. The molecule has 50 valence electrons. The summed E-state index contributed by atoms with van der Waals surface area (Å²) in [5.41, 5.74) is 0. The average Bonchev–Trinajstić information content (AvgIpc) is 1.65. The fourth-order valence-electron chi connectivity index (χ4n) is 0.102. The highest BCUT2D eigenvalue weighted by Gasteiger charge is 1.78. The zero-order chi connectivity index (χ0) is 4.99. The first-order valence-corrected chi connectivity index (χ1v) is 1.65. The van der Waals surface area contributed by atoms with Gasteiger partial charge in [0.1, 0.15) is 0 Å². The summed E-state index contributed by atoms with van der Waals surface area (Å²) in [6.45, 7) is 3.22. The van der Waals surface area contributed by atoms with Crippen LogP contribution in [0.1, 0.15) is 7.43 Å². The second-order valence-electron chi connectivity index (χ2n) is 0.818. The molecule has 3 heteroatoms. The number of carbonyl (C=O) groups excluding carboxylic acids is 1. The molecule has 0 aliphatic carbocycles. The summed E-state index contributed by atoms with van der Waals surface area (Å²) in [7, 11) is 1.56. The van der Waals surface area contributed by atoms with Crippen molar-refractivity contribution in [3.63, 3.8) is 0 Å². The molecule has 0 rings (SSSR count). The Bertz CT molecular complexity index is 72.8. The van der Waals surface area contributed by atoms with Crippen LogP contribution in [0, 0.1) is 0 Å². The van der Waals surface area contributed by atoms with Crippen molar-refractivity contribution in [1.82, 2.24) is 5.32 Å². The predicted molar refractivity (Wildman–Crippen MR) is 42.1 cm³/mol. The molecule has 0 bridgehead atoms. The fraction of sp³-hybridized carbons (Fsp3) is 0.400. The quantitative estimate of drug-likeness (QED) is 0.414. The summed E-state index contributed by atoms with van der Waals surface area (Å²) in [5.74, 6) is -0.144. The molecule has 1 N–H and O–H groups in total. The number of likely N-dealkylation sites (N-methyl/N-ethyl adjacent to an activating group) is 1. The summed E-state index contributed by atoms with van der Waals surface area (Å²) in [4.78, 5) is 9.95. The second-order valence-corrected chi connectivity index (χ2v) is 0.818. The summed E-state index contributed by atoms with van der Waals surface area (Å²) in [6.07, 6.45) is 1.22. The van der Waals surface area contributed by atoms with Crippen molar-refractivity contribution in [2.45, 2.75) is 7.43 Å². The molecule has 0 aromatic heterocycles. The highest BCUT2D eigenvalue weighted by atomic mass is 31.0. The van der Waals surface area contributed by atoms with Crippen LogP contribution in [0.15, 0.2) is 12.7 Å². The van der Waals surface area contributed by atoms with Gasteiger partial charge in [-0.2, -0.15) is 9.90 Å². The smallest absolute Gasteiger partial charge is 0.243 e. The molecule has 1 atom stereocenters. The van der Waals surface area contributed by atoms with Crippen molar-refractivity contribution in [2.75, 3.05) is 7.05 Å². The van der Waals surface area contributed by atoms with Crippen molar-refractivity contribution in [2.24, 2.45) is 0 Å². The van der Waals surface area contributed by atoms with Gasteiger partial charge in [0.05, 0.1) is 0 Å². The lowest BCUT2D eigenvalue weighted by atomic mass is 10.6. The van der Waals surface area contributed by atoms with Crippen LogP contribution < -0.4 is 5.32 Å². The van der Waals surface area contributed by atoms with Gasteiger partial charge in [-0.25, -0.2) is 0 Å². The highest BCUT2D eigenvalue weighted by Crippen LogP contribution is 1.56. The molecule has 0 aromatic carbocycles. The van der Waals surface area contributed by atoms with Crippen LogP contribution in [-0.4, -0.2) is 13.0 Å². The lowest BCUT2D eigenvalue weighted by Crippen LogP contribution is -2.13. The van der Waals surface area contributed by atoms with Gasteiger partial charge in [0.15, 0.2) is 0 Å². The first kappa shape index (κ1) is 15.6. The Labute approximate surface area is 54.0 Å². The molecule has 0 aliphatic heterocycles. The number of hydrogen-bond donors (Lipinski definition) is 1. The lowest BCUT2D eigenvalue weighted by Gasteiger charge is -1.82. The van der Waals surface area contributed by atoms with Crippen LogP contribution in [0.3, 0.4) is 0 Å². The Morgan fingerprint density at radius 2 is 2.12 bits per heavy atom. The highest BCUT2D eigenvalue weighted by molar-refractivity contribution is 6.92. The van der Waals surface area contributed by atoms with E-state index in [2.05, 4.69) is 11.9 Å². The van der Waals surface area contributed by atoms with Gasteiger partial charge in [0, 0.05) is 7.05 Å². The van der Waals surface area contributed by atoms with Gasteiger partial charge >= 0.3 is 0 Å². The molecular formula is C5H14NOP. The van der Waals surface area contributed by atoms with Gasteiger partial charge in [-0.15, -0.1) is 0 Å². The Morgan fingerprint density at radius 1 is 1.75 bits per heavy atom. The number of carbonyl (C=O) groups is 1. The third-order valence-electron chi connectivity index (χ3n) is 0.432. The van der Waals surface area contributed by atoms with Gasteiger partial charge in [-0.3, -0.25) is 4.79 Å². The zero-order valence-electron chi connectivity index (χ0n) is 4.40. The summed E-state index contributed by atoms with van der Waals surface area (Å²) >= 11 is 0. The third-order valence-corrected chi connectivity index (χ3v) is 0.432. The number of hydrogen-bond acceptors (Lipinski definition) is 1. The van der Waals surface area contributed by atoms with E-state index < -0.39 is 0 Å². The van der Waals surface area contributed by atoms with E-state index >= 15 is 0 Å². The Morgan fingerprint density at radius 3 is 2.12 bits per heavy atom. The maximum absolute atomic E-state index is 9.95. The van der Waals surface area contributed by atoms with E-state index in [1.54, 1.807) is 7.05 Å². The van der Waals surface area contributed by atoms with Crippen molar-refractivity contribution in [1.29, 1.82) is 0 Å².